The Morgan fingerprint density at radius 3 is 2.00 bits per heavy atom. The molecule has 0 amide bonds. The number of nitrogens with one attached hydrogen (secondary N) is 1. The summed E-state index contributed by atoms with van der Waals surface area (Å²) < 4.78 is 0. The number of rotatable bonds is 4. The van der Waals surface area contributed by atoms with Crippen LogP contribution in [0.5, 0.6) is 0 Å². The second-order valence-electron chi connectivity index (χ2n) is 7.79. The van der Waals surface area contributed by atoms with E-state index < -0.39 is 0 Å². The largest absolute Gasteiger partial charge is 0.315 e. The zero-order valence-corrected chi connectivity index (χ0v) is 13.7. The zero-order valence-electron chi connectivity index (χ0n) is 13.7. The Hall–Kier alpha value is -0.0800. The molecule has 3 unspecified atom stereocenters. The van der Waals surface area contributed by atoms with E-state index in [4.69, 9.17) is 0 Å². The molecule has 0 radical (unpaired) electrons. The van der Waals surface area contributed by atoms with Gasteiger partial charge in [-0.05, 0) is 83.8 Å². The average Bonchev–Trinajstić information content (AvgIpc) is 2.81. The summed E-state index contributed by atoms with van der Waals surface area (Å²) in [5.41, 5.74) is 0.298. The first-order valence-electron chi connectivity index (χ1n) is 8.37. The quantitative estimate of drug-likeness (QED) is 0.837. The topological polar surface area (TPSA) is 15.3 Å². The minimum atomic E-state index is 0.298. The molecule has 1 aliphatic carbocycles. The summed E-state index contributed by atoms with van der Waals surface area (Å²) in [5.74, 6) is 2.65. The molecule has 0 spiro atoms. The van der Waals surface area contributed by atoms with Crippen molar-refractivity contribution in [1.82, 2.24) is 10.2 Å². The minimum absolute atomic E-state index is 0.298. The van der Waals surface area contributed by atoms with Gasteiger partial charge in [0.1, 0.15) is 0 Å². The van der Waals surface area contributed by atoms with E-state index in [0.717, 1.165) is 17.8 Å². The maximum Gasteiger partial charge on any atom is 0.0308 e. The van der Waals surface area contributed by atoms with Crippen LogP contribution in [0.3, 0.4) is 0 Å². The van der Waals surface area contributed by atoms with Gasteiger partial charge in [-0.3, -0.25) is 4.90 Å². The third-order valence-electron chi connectivity index (χ3n) is 5.68. The van der Waals surface area contributed by atoms with Gasteiger partial charge < -0.3 is 5.32 Å². The average molecular weight is 266 g/mol. The van der Waals surface area contributed by atoms with Gasteiger partial charge in [0.25, 0.3) is 0 Å². The number of hydrogen-bond donors (Lipinski definition) is 1. The highest BCUT2D eigenvalue weighted by Crippen LogP contribution is 2.39. The van der Waals surface area contributed by atoms with E-state index in [1.54, 1.807) is 0 Å². The molecule has 0 aromatic heterocycles. The van der Waals surface area contributed by atoms with E-state index in [1.807, 2.05) is 0 Å². The third kappa shape index (κ3) is 3.33. The van der Waals surface area contributed by atoms with Crippen molar-refractivity contribution in [2.45, 2.75) is 71.4 Å². The summed E-state index contributed by atoms with van der Waals surface area (Å²) in [6.45, 7) is 12.4. The van der Waals surface area contributed by atoms with Crippen LogP contribution in [0.25, 0.3) is 0 Å². The van der Waals surface area contributed by atoms with Crippen molar-refractivity contribution < 1.29 is 0 Å². The van der Waals surface area contributed by atoms with Crippen LogP contribution in [0.4, 0.5) is 0 Å². The summed E-state index contributed by atoms with van der Waals surface area (Å²) in [5, 5.41) is 3.69. The Morgan fingerprint density at radius 1 is 1.00 bits per heavy atom. The first-order chi connectivity index (χ1) is 8.95. The molecule has 0 aromatic rings. The summed E-state index contributed by atoms with van der Waals surface area (Å²) in [4.78, 5) is 2.72. The van der Waals surface area contributed by atoms with Crippen LogP contribution in [0.15, 0.2) is 0 Å². The first kappa shape index (κ1) is 15.3. The van der Waals surface area contributed by atoms with Gasteiger partial charge in [0.2, 0.25) is 0 Å². The molecular formula is C17H34N2. The van der Waals surface area contributed by atoms with Crippen molar-refractivity contribution >= 4 is 0 Å². The van der Waals surface area contributed by atoms with Gasteiger partial charge >= 0.3 is 0 Å². The lowest BCUT2D eigenvalue weighted by Crippen LogP contribution is -2.59. The van der Waals surface area contributed by atoms with E-state index in [2.05, 4.69) is 45.0 Å². The van der Waals surface area contributed by atoms with Crippen LogP contribution in [-0.2, 0) is 0 Å². The molecule has 1 aliphatic heterocycles. The van der Waals surface area contributed by atoms with E-state index >= 15 is 0 Å². The fourth-order valence-electron chi connectivity index (χ4n) is 4.94. The molecule has 1 saturated heterocycles. The maximum atomic E-state index is 3.69. The number of hydrogen-bond acceptors (Lipinski definition) is 2. The SMILES string of the molecule is CNC(C1CC(C)CC(C)C1)C(C)(C)N1CCCC1. The second-order valence-corrected chi connectivity index (χ2v) is 7.79. The summed E-state index contributed by atoms with van der Waals surface area (Å²) >= 11 is 0. The molecular weight excluding hydrogens is 232 g/mol. The van der Waals surface area contributed by atoms with Crippen LogP contribution >= 0.6 is 0 Å². The van der Waals surface area contributed by atoms with Gasteiger partial charge in [-0.15, -0.1) is 0 Å². The van der Waals surface area contributed by atoms with Crippen molar-refractivity contribution in [3.63, 3.8) is 0 Å². The van der Waals surface area contributed by atoms with Gasteiger partial charge in [0.15, 0.2) is 0 Å². The predicted octanol–water partition coefficient (Wildman–Crippen LogP) is 3.52. The van der Waals surface area contributed by atoms with Crippen LogP contribution < -0.4 is 5.32 Å². The third-order valence-corrected chi connectivity index (χ3v) is 5.68. The highest BCUT2D eigenvalue weighted by atomic mass is 15.2. The van der Waals surface area contributed by atoms with Crippen LogP contribution in [0.2, 0.25) is 0 Å². The number of nitrogens with zero attached hydrogens (tertiary/aromatic N) is 1. The fourth-order valence-corrected chi connectivity index (χ4v) is 4.94. The normalized spacial score (nSPS) is 35.5. The van der Waals surface area contributed by atoms with Crippen LogP contribution in [0, 0.1) is 17.8 Å². The molecule has 2 heteroatoms. The lowest BCUT2D eigenvalue weighted by molar-refractivity contribution is 0.0527. The zero-order chi connectivity index (χ0) is 14.0. The molecule has 1 N–H and O–H groups in total. The molecule has 2 fully saturated rings. The van der Waals surface area contributed by atoms with E-state index in [0.29, 0.717) is 11.6 Å². The standard InChI is InChI=1S/C17H34N2/c1-13-10-14(2)12-15(11-13)16(18-5)17(3,4)19-8-6-7-9-19/h13-16,18H,6-12H2,1-5H3. The van der Waals surface area contributed by atoms with E-state index in [1.165, 1.54) is 45.2 Å². The Balaban J connectivity index is 2.09. The van der Waals surface area contributed by atoms with Gasteiger partial charge in [0.05, 0.1) is 0 Å². The van der Waals surface area contributed by atoms with Gasteiger partial charge in [-0.1, -0.05) is 13.8 Å². The van der Waals surface area contributed by atoms with Gasteiger partial charge in [0, 0.05) is 11.6 Å². The maximum absolute atomic E-state index is 3.69. The lowest BCUT2D eigenvalue weighted by Gasteiger charge is -2.48. The number of likely N-dealkylation sites (N-methyl/N-ethyl adjacent to an activating group) is 1. The summed E-state index contributed by atoms with van der Waals surface area (Å²) in [6.07, 6.45) is 7.02. The van der Waals surface area contributed by atoms with Crippen molar-refractivity contribution in [2.75, 3.05) is 20.1 Å². The van der Waals surface area contributed by atoms with Crippen LogP contribution in [0.1, 0.15) is 59.8 Å². The van der Waals surface area contributed by atoms with Gasteiger partial charge in [-0.25, -0.2) is 0 Å². The van der Waals surface area contributed by atoms with Crippen molar-refractivity contribution in [1.29, 1.82) is 0 Å². The Labute approximate surface area is 120 Å². The Bertz CT molecular complexity index is 271. The smallest absolute Gasteiger partial charge is 0.0308 e. The van der Waals surface area contributed by atoms with Gasteiger partial charge in [-0.2, -0.15) is 0 Å². The molecule has 1 heterocycles. The molecule has 112 valence electrons. The predicted molar refractivity (Wildman–Crippen MR) is 83.4 cm³/mol. The Kier molecular flexibility index (Phi) is 4.94. The molecule has 2 nitrogen and oxygen atoms in total. The van der Waals surface area contributed by atoms with E-state index in [-0.39, 0.29) is 0 Å². The van der Waals surface area contributed by atoms with Crippen molar-refractivity contribution in [3.05, 3.63) is 0 Å². The molecule has 19 heavy (non-hydrogen) atoms. The fraction of sp³-hybridized carbons (Fsp3) is 1.00. The number of likely N-dealkylation sites (tertiary alicyclic amines) is 1. The monoisotopic (exact) mass is 266 g/mol. The molecule has 0 aromatic carbocycles. The molecule has 0 bridgehead atoms. The molecule has 2 aliphatic rings. The minimum Gasteiger partial charge on any atom is -0.315 e. The second kappa shape index (κ2) is 6.13. The molecule has 3 atom stereocenters. The lowest BCUT2D eigenvalue weighted by atomic mass is 9.69. The first-order valence-corrected chi connectivity index (χ1v) is 8.37. The molecule has 2 rings (SSSR count). The van der Waals surface area contributed by atoms with E-state index in [9.17, 15) is 0 Å². The van der Waals surface area contributed by atoms with Crippen molar-refractivity contribution in [2.24, 2.45) is 17.8 Å². The van der Waals surface area contributed by atoms with Crippen LogP contribution in [-0.4, -0.2) is 36.6 Å². The summed E-state index contributed by atoms with van der Waals surface area (Å²) in [7, 11) is 2.17. The molecule has 1 saturated carbocycles. The highest BCUT2D eigenvalue weighted by Gasteiger charge is 2.41. The summed E-state index contributed by atoms with van der Waals surface area (Å²) in [6, 6.07) is 0.635. The Morgan fingerprint density at radius 2 is 1.53 bits per heavy atom. The van der Waals surface area contributed by atoms with Crippen molar-refractivity contribution in [3.8, 4) is 0 Å². The highest BCUT2D eigenvalue weighted by molar-refractivity contribution is 4.99.